The van der Waals surface area contributed by atoms with E-state index in [9.17, 15) is 9.59 Å². The molecule has 19 heavy (non-hydrogen) atoms. The first kappa shape index (κ1) is 15.8. The Hall–Kier alpha value is -1.27. The van der Waals surface area contributed by atoms with Crippen molar-refractivity contribution < 1.29 is 9.59 Å². The van der Waals surface area contributed by atoms with Crippen molar-refractivity contribution in [1.82, 2.24) is 5.32 Å². The van der Waals surface area contributed by atoms with E-state index in [-0.39, 0.29) is 36.6 Å². The summed E-state index contributed by atoms with van der Waals surface area (Å²) >= 11 is 3.36. The molecule has 1 heterocycles. The predicted molar refractivity (Wildman–Crippen MR) is 80.3 cm³/mol. The molecule has 1 atom stereocenters. The number of hydrogen-bond acceptors (Lipinski definition) is 3. The summed E-state index contributed by atoms with van der Waals surface area (Å²) in [6.07, 6.45) is 0.235. The van der Waals surface area contributed by atoms with Crippen molar-refractivity contribution in [1.29, 1.82) is 0 Å². The number of nitrogens with two attached hydrogens (primary N) is 1. The van der Waals surface area contributed by atoms with Gasteiger partial charge in [0.25, 0.3) is 0 Å². The lowest BCUT2D eigenvalue weighted by atomic mass is 10.1. The van der Waals surface area contributed by atoms with E-state index in [0.29, 0.717) is 17.9 Å². The van der Waals surface area contributed by atoms with E-state index in [4.69, 9.17) is 5.73 Å². The lowest BCUT2D eigenvalue weighted by Crippen LogP contribution is -2.25. The van der Waals surface area contributed by atoms with Crippen LogP contribution in [0.3, 0.4) is 0 Å². The second kappa shape index (κ2) is 6.25. The maximum absolute atomic E-state index is 12.0. The minimum absolute atomic E-state index is 0. The number of hydrogen-bond donors (Lipinski definition) is 3. The summed E-state index contributed by atoms with van der Waals surface area (Å²) in [5.74, 6) is -0.595. The summed E-state index contributed by atoms with van der Waals surface area (Å²) < 4.78 is 0.852. The monoisotopic (exact) mass is 347 g/mol. The van der Waals surface area contributed by atoms with Crippen LogP contribution in [0.15, 0.2) is 16.6 Å². The molecule has 1 unspecified atom stereocenters. The van der Waals surface area contributed by atoms with Crippen molar-refractivity contribution >= 4 is 51.5 Å². The van der Waals surface area contributed by atoms with Crippen molar-refractivity contribution in [3.63, 3.8) is 0 Å². The number of rotatable bonds is 2. The molecular weight excluding hydrogens is 334 g/mol. The maximum atomic E-state index is 12.0. The van der Waals surface area contributed by atoms with Crippen molar-refractivity contribution in [2.45, 2.75) is 13.3 Å². The summed E-state index contributed by atoms with van der Waals surface area (Å²) in [5, 5.41) is 5.40. The molecule has 0 spiro atoms. The van der Waals surface area contributed by atoms with Crippen LogP contribution < -0.4 is 16.4 Å². The molecule has 1 saturated heterocycles. The summed E-state index contributed by atoms with van der Waals surface area (Å²) in [4.78, 5) is 23.0. The number of nitrogens with one attached hydrogen (secondary N) is 2. The number of halogens is 2. The van der Waals surface area contributed by atoms with E-state index in [1.54, 1.807) is 6.07 Å². The Bertz CT molecular complexity index is 522. The molecular formula is C12H15BrClN3O2. The van der Waals surface area contributed by atoms with Crippen molar-refractivity contribution in [2.75, 3.05) is 17.6 Å². The van der Waals surface area contributed by atoms with Crippen LogP contribution in [0.4, 0.5) is 11.4 Å². The number of benzene rings is 1. The van der Waals surface area contributed by atoms with Gasteiger partial charge in [0.1, 0.15) is 0 Å². The smallest absolute Gasteiger partial charge is 0.229 e. The second-order valence-electron chi connectivity index (χ2n) is 4.38. The van der Waals surface area contributed by atoms with Crippen LogP contribution in [0.5, 0.6) is 0 Å². The molecule has 0 bridgehead atoms. The van der Waals surface area contributed by atoms with Gasteiger partial charge in [0.15, 0.2) is 0 Å². The van der Waals surface area contributed by atoms with Crippen LogP contribution in [0, 0.1) is 12.8 Å². The van der Waals surface area contributed by atoms with Crippen LogP contribution in [0.1, 0.15) is 12.0 Å². The molecule has 4 N–H and O–H groups in total. The van der Waals surface area contributed by atoms with Gasteiger partial charge in [0.2, 0.25) is 11.8 Å². The fourth-order valence-electron chi connectivity index (χ4n) is 1.88. The molecule has 1 aromatic rings. The molecule has 104 valence electrons. The highest BCUT2D eigenvalue weighted by atomic mass is 79.9. The first-order valence-corrected chi connectivity index (χ1v) is 6.40. The average molecular weight is 349 g/mol. The topological polar surface area (TPSA) is 84.2 Å². The molecule has 5 nitrogen and oxygen atoms in total. The quantitative estimate of drug-likeness (QED) is 0.713. The number of carbonyl (C=O) groups excluding carboxylic acids is 2. The van der Waals surface area contributed by atoms with Crippen LogP contribution in [0.25, 0.3) is 0 Å². The highest BCUT2D eigenvalue weighted by Gasteiger charge is 2.28. The number of anilines is 2. The van der Waals surface area contributed by atoms with Crippen molar-refractivity contribution in [2.24, 2.45) is 5.92 Å². The minimum Gasteiger partial charge on any atom is -0.397 e. The van der Waals surface area contributed by atoms with Gasteiger partial charge in [-0.05, 0) is 24.6 Å². The third kappa shape index (κ3) is 3.61. The zero-order chi connectivity index (χ0) is 13.3. The lowest BCUT2D eigenvalue weighted by molar-refractivity contribution is -0.123. The van der Waals surface area contributed by atoms with Gasteiger partial charge in [-0.25, -0.2) is 0 Å². The van der Waals surface area contributed by atoms with E-state index in [0.717, 1.165) is 10.0 Å². The summed E-state index contributed by atoms with van der Waals surface area (Å²) in [7, 11) is 0. The fraction of sp³-hybridized carbons (Fsp3) is 0.333. The number of carbonyl (C=O) groups is 2. The van der Waals surface area contributed by atoms with Gasteiger partial charge in [-0.15, -0.1) is 12.4 Å². The van der Waals surface area contributed by atoms with Crippen LogP contribution in [0.2, 0.25) is 0 Å². The Labute approximate surface area is 125 Å². The highest BCUT2D eigenvalue weighted by molar-refractivity contribution is 9.10. The van der Waals surface area contributed by atoms with Gasteiger partial charge < -0.3 is 16.4 Å². The molecule has 0 aliphatic carbocycles. The molecule has 1 fully saturated rings. The second-order valence-corrected chi connectivity index (χ2v) is 5.29. The molecule has 2 rings (SSSR count). The van der Waals surface area contributed by atoms with Gasteiger partial charge >= 0.3 is 0 Å². The van der Waals surface area contributed by atoms with E-state index < -0.39 is 0 Å². The van der Waals surface area contributed by atoms with E-state index in [2.05, 4.69) is 26.6 Å². The molecule has 0 aromatic heterocycles. The SMILES string of the molecule is Cc1cc(Br)cc(NC(=O)C2CNC(=O)C2)c1N.Cl. The van der Waals surface area contributed by atoms with E-state index in [1.807, 2.05) is 13.0 Å². The van der Waals surface area contributed by atoms with Gasteiger partial charge in [-0.3, -0.25) is 9.59 Å². The summed E-state index contributed by atoms with van der Waals surface area (Å²) in [5.41, 5.74) is 7.92. The first-order chi connectivity index (χ1) is 8.47. The zero-order valence-electron chi connectivity index (χ0n) is 10.3. The summed E-state index contributed by atoms with van der Waals surface area (Å²) in [6, 6.07) is 3.63. The molecule has 7 heteroatoms. The molecule has 1 aromatic carbocycles. The van der Waals surface area contributed by atoms with Gasteiger partial charge in [-0.1, -0.05) is 15.9 Å². The molecule has 1 aliphatic heterocycles. The Morgan fingerprint density at radius 2 is 2.21 bits per heavy atom. The van der Waals surface area contributed by atoms with Crippen LogP contribution in [-0.4, -0.2) is 18.4 Å². The van der Waals surface area contributed by atoms with Crippen molar-refractivity contribution in [3.8, 4) is 0 Å². The van der Waals surface area contributed by atoms with Crippen LogP contribution >= 0.6 is 28.3 Å². The van der Waals surface area contributed by atoms with Gasteiger partial charge in [-0.2, -0.15) is 0 Å². The first-order valence-electron chi connectivity index (χ1n) is 5.60. The van der Waals surface area contributed by atoms with E-state index in [1.165, 1.54) is 0 Å². The van der Waals surface area contributed by atoms with Gasteiger partial charge in [0, 0.05) is 17.4 Å². The standard InChI is InChI=1S/C12H14BrN3O2.ClH/c1-6-2-8(13)4-9(11(6)14)16-12(18)7-3-10(17)15-5-7;/h2,4,7H,3,5,14H2,1H3,(H,15,17)(H,16,18);1H. The van der Waals surface area contributed by atoms with Crippen LogP contribution in [-0.2, 0) is 9.59 Å². The predicted octanol–water partition coefficient (Wildman–Crippen LogP) is 1.84. The third-order valence-corrected chi connectivity index (χ3v) is 3.42. The number of nitrogen functional groups attached to an aromatic ring is 1. The Morgan fingerprint density at radius 1 is 1.53 bits per heavy atom. The minimum atomic E-state index is -0.323. The largest absolute Gasteiger partial charge is 0.397 e. The number of amides is 2. The Kier molecular flexibility index (Phi) is 5.20. The molecule has 0 saturated carbocycles. The maximum Gasteiger partial charge on any atom is 0.229 e. The molecule has 1 aliphatic rings. The highest BCUT2D eigenvalue weighted by Crippen LogP contribution is 2.28. The lowest BCUT2D eigenvalue weighted by Gasteiger charge is -2.13. The Morgan fingerprint density at radius 3 is 2.79 bits per heavy atom. The number of aryl methyl sites for hydroxylation is 1. The Balaban J connectivity index is 0.00000180. The average Bonchev–Trinajstić information content (AvgIpc) is 2.72. The van der Waals surface area contributed by atoms with E-state index >= 15 is 0 Å². The molecule has 0 radical (unpaired) electrons. The fourth-order valence-corrected chi connectivity index (χ4v) is 2.46. The van der Waals surface area contributed by atoms with Gasteiger partial charge in [0.05, 0.1) is 17.3 Å². The summed E-state index contributed by atoms with van der Waals surface area (Å²) in [6.45, 7) is 2.26. The zero-order valence-corrected chi connectivity index (χ0v) is 12.7. The normalized spacial score (nSPS) is 17.6. The van der Waals surface area contributed by atoms with Crippen molar-refractivity contribution in [3.05, 3.63) is 22.2 Å². The molecule has 2 amide bonds. The third-order valence-electron chi connectivity index (χ3n) is 2.96.